The van der Waals surface area contributed by atoms with Crippen molar-refractivity contribution in [1.29, 1.82) is 0 Å². The Kier molecular flexibility index (Phi) is 4.41. The van der Waals surface area contributed by atoms with Gasteiger partial charge in [-0.15, -0.1) is 0 Å². The summed E-state index contributed by atoms with van der Waals surface area (Å²) >= 11 is 0. The fraction of sp³-hybridized carbons (Fsp3) is 0.235. The summed E-state index contributed by atoms with van der Waals surface area (Å²) in [7, 11) is 0. The van der Waals surface area contributed by atoms with Crippen LogP contribution in [0.2, 0.25) is 0 Å². The van der Waals surface area contributed by atoms with Crippen LogP contribution >= 0.6 is 0 Å². The van der Waals surface area contributed by atoms with Crippen molar-refractivity contribution in [2.45, 2.75) is 19.8 Å². The number of aryl methyl sites for hydroxylation is 1. The van der Waals surface area contributed by atoms with E-state index in [-0.39, 0.29) is 0 Å². The van der Waals surface area contributed by atoms with Gasteiger partial charge in [0.15, 0.2) is 0 Å². The number of benzene rings is 2. The standard InChI is InChI=1S/C17H19NO2/c1-12-7-6-10-15(17(19)20)16(12)18-11-13(2)14-8-4-3-5-9-14/h3-10,13,18H,11H2,1-2H3,(H,19,20). The van der Waals surface area contributed by atoms with E-state index in [1.807, 2.05) is 31.2 Å². The highest BCUT2D eigenvalue weighted by molar-refractivity contribution is 5.95. The minimum absolute atomic E-state index is 0.317. The van der Waals surface area contributed by atoms with Gasteiger partial charge in [0.2, 0.25) is 0 Å². The monoisotopic (exact) mass is 269 g/mol. The number of carboxylic acid groups (broad SMARTS) is 1. The zero-order valence-electron chi connectivity index (χ0n) is 11.8. The molecule has 0 saturated carbocycles. The summed E-state index contributed by atoms with van der Waals surface area (Å²) in [5, 5.41) is 12.5. The zero-order valence-corrected chi connectivity index (χ0v) is 11.8. The average molecular weight is 269 g/mol. The Morgan fingerprint density at radius 2 is 1.85 bits per heavy atom. The van der Waals surface area contributed by atoms with Crippen molar-refractivity contribution >= 4 is 11.7 Å². The molecule has 20 heavy (non-hydrogen) atoms. The van der Waals surface area contributed by atoms with E-state index in [9.17, 15) is 9.90 Å². The molecule has 2 N–H and O–H groups in total. The van der Waals surface area contributed by atoms with Gasteiger partial charge in [-0.05, 0) is 30.0 Å². The molecule has 1 unspecified atom stereocenters. The summed E-state index contributed by atoms with van der Waals surface area (Å²) in [6, 6.07) is 15.5. The highest BCUT2D eigenvalue weighted by atomic mass is 16.4. The van der Waals surface area contributed by atoms with E-state index in [1.165, 1.54) is 5.56 Å². The van der Waals surface area contributed by atoms with Crippen LogP contribution in [0.1, 0.15) is 34.3 Å². The molecule has 2 rings (SSSR count). The molecule has 0 saturated heterocycles. The summed E-state index contributed by atoms with van der Waals surface area (Å²) < 4.78 is 0. The van der Waals surface area contributed by atoms with Gasteiger partial charge in [-0.3, -0.25) is 0 Å². The fourth-order valence-corrected chi connectivity index (χ4v) is 2.24. The molecule has 3 nitrogen and oxygen atoms in total. The first-order valence-electron chi connectivity index (χ1n) is 6.71. The normalized spacial score (nSPS) is 11.9. The highest BCUT2D eigenvalue weighted by Gasteiger charge is 2.13. The fourth-order valence-electron chi connectivity index (χ4n) is 2.24. The smallest absolute Gasteiger partial charge is 0.337 e. The molecule has 0 fully saturated rings. The van der Waals surface area contributed by atoms with E-state index in [1.54, 1.807) is 12.1 Å². The molecule has 0 aliphatic carbocycles. The quantitative estimate of drug-likeness (QED) is 0.865. The summed E-state index contributed by atoms with van der Waals surface area (Å²) in [4.78, 5) is 11.2. The topological polar surface area (TPSA) is 49.3 Å². The van der Waals surface area contributed by atoms with Gasteiger partial charge in [-0.2, -0.15) is 0 Å². The summed E-state index contributed by atoms with van der Waals surface area (Å²) in [5.41, 5.74) is 3.23. The Balaban J connectivity index is 2.13. The van der Waals surface area contributed by atoms with Gasteiger partial charge in [0.05, 0.1) is 11.3 Å². The molecule has 0 spiro atoms. The number of aromatic carboxylic acids is 1. The van der Waals surface area contributed by atoms with Gasteiger partial charge in [0, 0.05) is 6.54 Å². The van der Waals surface area contributed by atoms with Crippen LogP contribution in [0.15, 0.2) is 48.5 Å². The number of hydrogen-bond donors (Lipinski definition) is 2. The van der Waals surface area contributed by atoms with E-state index >= 15 is 0 Å². The number of para-hydroxylation sites is 1. The maximum Gasteiger partial charge on any atom is 0.337 e. The van der Waals surface area contributed by atoms with E-state index in [0.717, 1.165) is 5.56 Å². The number of carbonyl (C=O) groups is 1. The average Bonchev–Trinajstić information content (AvgIpc) is 2.46. The molecule has 1 atom stereocenters. The van der Waals surface area contributed by atoms with Crippen LogP contribution in [-0.2, 0) is 0 Å². The van der Waals surface area contributed by atoms with Gasteiger partial charge in [0.25, 0.3) is 0 Å². The van der Waals surface area contributed by atoms with Crippen LogP contribution in [0.3, 0.4) is 0 Å². The lowest BCUT2D eigenvalue weighted by Crippen LogP contribution is -2.13. The summed E-state index contributed by atoms with van der Waals surface area (Å²) in [6.07, 6.45) is 0. The van der Waals surface area contributed by atoms with Crippen molar-refractivity contribution in [2.24, 2.45) is 0 Å². The first-order chi connectivity index (χ1) is 9.59. The van der Waals surface area contributed by atoms with E-state index in [0.29, 0.717) is 23.7 Å². The zero-order chi connectivity index (χ0) is 14.5. The SMILES string of the molecule is Cc1cccc(C(=O)O)c1NCC(C)c1ccccc1. The second kappa shape index (κ2) is 6.24. The maximum atomic E-state index is 11.2. The molecule has 3 heteroatoms. The van der Waals surface area contributed by atoms with Crippen molar-refractivity contribution < 1.29 is 9.90 Å². The summed E-state index contributed by atoms with van der Waals surface area (Å²) in [6.45, 7) is 4.75. The van der Waals surface area contributed by atoms with Crippen molar-refractivity contribution in [1.82, 2.24) is 0 Å². The molecule has 2 aromatic rings. The number of hydrogen-bond acceptors (Lipinski definition) is 2. The van der Waals surface area contributed by atoms with Crippen molar-refractivity contribution in [2.75, 3.05) is 11.9 Å². The number of rotatable bonds is 5. The molecular formula is C17H19NO2. The predicted molar refractivity (Wildman–Crippen MR) is 81.5 cm³/mol. The van der Waals surface area contributed by atoms with Crippen molar-refractivity contribution in [3.63, 3.8) is 0 Å². The molecule has 2 aromatic carbocycles. The van der Waals surface area contributed by atoms with E-state index < -0.39 is 5.97 Å². The Morgan fingerprint density at radius 1 is 1.15 bits per heavy atom. The van der Waals surface area contributed by atoms with Crippen LogP contribution < -0.4 is 5.32 Å². The van der Waals surface area contributed by atoms with Gasteiger partial charge in [0.1, 0.15) is 0 Å². The highest BCUT2D eigenvalue weighted by Crippen LogP contribution is 2.22. The van der Waals surface area contributed by atoms with Crippen molar-refractivity contribution in [3.8, 4) is 0 Å². The van der Waals surface area contributed by atoms with Crippen LogP contribution in [-0.4, -0.2) is 17.6 Å². The molecule has 0 bridgehead atoms. The lowest BCUT2D eigenvalue weighted by atomic mass is 10.0. The first kappa shape index (κ1) is 14.1. The third kappa shape index (κ3) is 3.18. The Hall–Kier alpha value is -2.29. The molecular weight excluding hydrogens is 250 g/mol. The van der Waals surface area contributed by atoms with E-state index in [2.05, 4.69) is 24.4 Å². The molecule has 104 valence electrons. The maximum absolute atomic E-state index is 11.2. The van der Waals surface area contributed by atoms with Gasteiger partial charge < -0.3 is 10.4 Å². The van der Waals surface area contributed by atoms with E-state index in [4.69, 9.17) is 0 Å². The summed E-state index contributed by atoms with van der Waals surface area (Å²) in [5.74, 6) is -0.582. The third-order valence-corrected chi connectivity index (χ3v) is 3.46. The van der Waals surface area contributed by atoms with Gasteiger partial charge in [-0.25, -0.2) is 4.79 Å². The van der Waals surface area contributed by atoms with Crippen molar-refractivity contribution in [3.05, 3.63) is 65.2 Å². The Labute approximate surface area is 119 Å². The Bertz CT molecular complexity index is 593. The Morgan fingerprint density at radius 3 is 2.50 bits per heavy atom. The number of anilines is 1. The van der Waals surface area contributed by atoms with Crippen LogP contribution in [0.4, 0.5) is 5.69 Å². The molecule has 0 aliphatic heterocycles. The second-order valence-corrected chi connectivity index (χ2v) is 5.00. The molecule has 0 aromatic heterocycles. The predicted octanol–water partition coefficient (Wildman–Crippen LogP) is 3.91. The van der Waals surface area contributed by atoms with Crippen LogP contribution in [0, 0.1) is 6.92 Å². The minimum atomic E-state index is -0.899. The number of nitrogens with one attached hydrogen (secondary N) is 1. The van der Waals surface area contributed by atoms with Gasteiger partial charge in [-0.1, -0.05) is 49.4 Å². The number of carboxylic acids is 1. The molecule has 0 heterocycles. The van der Waals surface area contributed by atoms with Crippen LogP contribution in [0.5, 0.6) is 0 Å². The van der Waals surface area contributed by atoms with Gasteiger partial charge >= 0.3 is 5.97 Å². The second-order valence-electron chi connectivity index (χ2n) is 5.00. The third-order valence-electron chi connectivity index (χ3n) is 3.46. The van der Waals surface area contributed by atoms with Crippen LogP contribution in [0.25, 0.3) is 0 Å². The molecule has 0 aliphatic rings. The minimum Gasteiger partial charge on any atom is -0.478 e. The molecule has 0 amide bonds. The lowest BCUT2D eigenvalue weighted by Gasteiger charge is -2.17. The first-order valence-corrected chi connectivity index (χ1v) is 6.71. The largest absolute Gasteiger partial charge is 0.478 e. The molecule has 0 radical (unpaired) electrons. The lowest BCUT2D eigenvalue weighted by molar-refractivity contribution is 0.0698.